The first kappa shape index (κ1) is 21.5. The zero-order chi connectivity index (χ0) is 22.5. The van der Waals surface area contributed by atoms with E-state index in [2.05, 4.69) is 21.4 Å². The van der Waals surface area contributed by atoms with Crippen LogP contribution in [0.2, 0.25) is 0 Å². The SMILES string of the molecule is N#Cc1ccc(N2CCC(NC(=O)C3=NN(Cc4ccc(F)cc4)C(=O)CC3)CC2)cc1. The first-order chi connectivity index (χ1) is 15.5. The molecule has 2 heterocycles. The third-order valence-electron chi connectivity index (χ3n) is 5.80. The van der Waals surface area contributed by atoms with Crippen molar-refractivity contribution in [3.8, 4) is 6.07 Å². The molecule has 0 atom stereocenters. The number of nitriles is 1. The van der Waals surface area contributed by atoms with Crippen LogP contribution < -0.4 is 10.2 Å². The third-order valence-corrected chi connectivity index (χ3v) is 5.80. The lowest BCUT2D eigenvalue weighted by molar-refractivity contribution is -0.132. The maximum absolute atomic E-state index is 13.1. The molecule has 0 saturated carbocycles. The van der Waals surface area contributed by atoms with Crippen LogP contribution in [0.15, 0.2) is 53.6 Å². The number of hydrogen-bond acceptors (Lipinski definition) is 5. The van der Waals surface area contributed by atoms with Crippen molar-refractivity contribution in [3.63, 3.8) is 0 Å². The molecule has 0 spiro atoms. The topological polar surface area (TPSA) is 88.8 Å². The Morgan fingerprint density at radius 3 is 2.44 bits per heavy atom. The van der Waals surface area contributed by atoms with Crippen LogP contribution in [-0.2, 0) is 16.1 Å². The van der Waals surface area contributed by atoms with E-state index in [9.17, 15) is 14.0 Å². The molecule has 32 heavy (non-hydrogen) atoms. The summed E-state index contributed by atoms with van der Waals surface area (Å²) >= 11 is 0. The molecule has 1 saturated heterocycles. The first-order valence-corrected chi connectivity index (χ1v) is 10.7. The molecular weight excluding hydrogens is 409 g/mol. The molecule has 164 valence electrons. The van der Waals surface area contributed by atoms with Crippen molar-refractivity contribution in [2.24, 2.45) is 5.10 Å². The summed E-state index contributed by atoms with van der Waals surface area (Å²) < 4.78 is 13.1. The molecule has 2 aliphatic heterocycles. The smallest absolute Gasteiger partial charge is 0.267 e. The van der Waals surface area contributed by atoms with Gasteiger partial charge in [-0.2, -0.15) is 10.4 Å². The Labute approximate surface area is 186 Å². The Morgan fingerprint density at radius 2 is 1.78 bits per heavy atom. The van der Waals surface area contributed by atoms with Crippen LogP contribution in [0.5, 0.6) is 0 Å². The van der Waals surface area contributed by atoms with Crippen LogP contribution in [0.3, 0.4) is 0 Å². The largest absolute Gasteiger partial charge is 0.371 e. The van der Waals surface area contributed by atoms with E-state index < -0.39 is 0 Å². The number of hydrazone groups is 1. The Kier molecular flexibility index (Phi) is 6.45. The summed E-state index contributed by atoms with van der Waals surface area (Å²) in [6.07, 6.45) is 2.15. The van der Waals surface area contributed by atoms with Gasteiger partial charge in [0.2, 0.25) is 5.91 Å². The van der Waals surface area contributed by atoms with Crippen LogP contribution in [0.25, 0.3) is 0 Å². The second kappa shape index (κ2) is 9.60. The summed E-state index contributed by atoms with van der Waals surface area (Å²) in [5, 5.41) is 17.6. The zero-order valence-corrected chi connectivity index (χ0v) is 17.6. The molecule has 8 heteroatoms. The molecule has 0 unspecified atom stereocenters. The van der Waals surface area contributed by atoms with Gasteiger partial charge in [0.25, 0.3) is 5.91 Å². The average Bonchev–Trinajstić information content (AvgIpc) is 2.82. The van der Waals surface area contributed by atoms with Gasteiger partial charge >= 0.3 is 0 Å². The summed E-state index contributed by atoms with van der Waals surface area (Å²) in [6, 6.07) is 15.6. The number of benzene rings is 2. The second-order valence-corrected chi connectivity index (χ2v) is 8.02. The highest BCUT2D eigenvalue weighted by atomic mass is 19.1. The normalized spacial score (nSPS) is 17.0. The van der Waals surface area contributed by atoms with Crippen molar-refractivity contribution < 1.29 is 14.0 Å². The Bertz CT molecular complexity index is 1050. The molecule has 1 fully saturated rings. The fourth-order valence-electron chi connectivity index (χ4n) is 3.95. The van der Waals surface area contributed by atoms with Gasteiger partial charge in [0, 0.05) is 37.7 Å². The van der Waals surface area contributed by atoms with Gasteiger partial charge < -0.3 is 10.2 Å². The predicted molar refractivity (Wildman–Crippen MR) is 118 cm³/mol. The van der Waals surface area contributed by atoms with E-state index in [1.165, 1.54) is 17.1 Å². The molecule has 2 aliphatic rings. The van der Waals surface area contributed by atoms with E-state index in [-0.39, 0.29) is 36.6 Å². The molecule has 7 nitrogen and oxygen atoms in total. The maximum Gasteiger partial charge on any atom is 0.267 e. The second-order valence-electron chi connectivity index (χ2n) is 8.02. The number of nitrogens with one attached hydrogen (secondary N) is 1. The molecule has 2 aromatic carbocycles. The van der Waals surface area contributed by atoms with E-state index in [1.54, 1.807) is 12.1 Å². The molecule has 4 rings (SSSR count). The Balaban J connectivity index is 1.32. The Morgan fingerprint density at radius 1 is 1.09 bits per heavy atom. The molecule has 0 aliphatic carbocycles. The highest BCUT2D eigenvalue weighted by Gasteiger charge is 2.27. The lowest BCUT2D eigenvalue weighted by Gasteiger charge is -2.34. The van der Waals surface area contributed by atoms with Gasteiger partial charge in [0.05, 0.1) is 18.2 Å². The van der Waals surface area contributed by atoms with Crippen LogP contribution in [0.4, 0.5) is 10.1 Å². The number of anilines is 1. The number of piperidine rings is 1. The molecule has 0 aromatic heterocycles. The number of carbonyl (C=O) groups excluding carboxylic acids is 2. The minimum absolute atomic E-state index is 0.0445. The minimum Gasteiger partial charge on any atom is -0.371 e. The quantitative estimate of drug-likeness (QED) is 0.785. The van der Waals surface area contributed by atoms with E-state index >= 15 is 0 Å². The van der Waals surface area contributed by atoms with Gasteiger partial charge in [0.15, 0.2) is 0 Å². The summed E-state index contributed by atoms with van der Waals surface area (Å²) in [5.41, 5.74) is 2.80. The lowest BCUT2D eigenvalue weighted by Crippen LogP contribution is -2.47. The third kappa shape index (κ3) is 5.11. The van der Waals surface area contributed by atoms with Gasteiger partial charge in [-0.05, 0) is 54.8 Å². The molecule has 0 bridgehead atoms. The van der Waals surface area contributed by atoms with Crippen LogP contribution in [-0.4, -0.2) is 41.7 Å². The highest BCUT2D eigenvalue weighted by molar-refractivity contribution is 6.39. The number of hydrogen-bond donors (Lipinski definition) is 1. The molecule has 2 amide bonds. The van der Waals surface area contributed by atoms with E-state index in [1.807, 2.05) is 24.3 Å². The van der Waals surface area contributed by atoms with Gasteiger partial charge in [-0.1, -0.05) is 12.1 Å². The van der Waals surface area contributed by atoms with Gasteiger partial charge in [0.1, 0.15) is 11.5 Å². The number of carbonyl (C=O) groups is 2. The van der Waals surface area contributed by atoms with Gasteiger partial charge in [-0.3, -0.25) is 9.59 Å². The molecule has 1 N–H and O–H groups in total. The van der Waals surface area contributed by atoms with E-state index in [0.717, 1.165) is 37.2 Å². The van der Waals surface area contributed by atoms with E-state index in [4.69, 9.17) is 5.26 Å². The summed E-state index contributed by atoms with van der Waals surface area (Å²) in [5.74, 6) is -0.729. The van der Waals surface area contributed by atoms with Crippen molar-refractivity contribution in [2.45, 2.75) is 38.3 Å². The molecular formula is C24H24FN5O2. The van der Waals surface area contributed by atoms with Crippen molar-refractivity contribution in [1.29, 1.82) is 5.26 Å². The zero-order valence-electron chi connectivity index (χ0n) is 17.6. The average molecular weight is 433 g/mol. The van der Waals surface area contributed by atoms with E-state index in [0.29, 0.717) is 17.7 Å². The van der Waals surface area contributed by atoms with Crippen LogP contribution >= 0.6 is 0 Å². The minimum atomic E-state index is -0.340. The van der Waals surface area contributed by atoms with Gasteiger partial charge in [-0.15, -0.1) is 0 Å². The Hall–Kier alpha value is -3.73. The summed E-state index contributed by atoms with van der Waals surface area (Å²) in [6.45, 7) is 1.82. The number of halogens is 1. The fourth-order valence-corrected chi connectivity index (χ4v) is 3.95. The molecule has 2 aromatic rings. The first-order valence-electron chi connectivity index (χ1n) is 10.7. The fraction of sp³-hybridized carbons (Fsp3) is 0.333. The van der Waals surface area contributed by atoms with Crippen molar-refractivity contribution in [3.05, 3.63) is 65.5 Å². The van der Waals surface area contributed by atoms with Crippen molar-refractivity contribution in [2.75, 3.05) is 18.0 Å². The lowest BCUT2D eigenvalue weighted by atomic mass is 10.0. The van der Waals surface area contributed by atoms with Crippen LogP contribution in [0.1, 0.15) is 36.8 Å². The predicted octanol–water partition coefficient (Wildman–Crippen LogP) is 2.96. The maximum atomic E-state index is 13.1. The van der Waals surface area contributed by atoms with Crippen LogP contribution in [0, 0.1) is 17.1 Å². The van der Waals surface area contributed by atoms with Crippen molar-refractivity contribution in [1.82, 2.24) is 10.3 Å². The summed E-state index contributed by atoms with van der Waals surface area (Å²) in [4.78, 5) is 27.2. The van der Waals surface area contributed by atoms with Gasteiger partial charge in [-0.25, -0.2) is 9.40 Å². The molecule has 0 radical (unpaired) electrons. The summed E-state index contributed by atoms with van der Waals surface area (Å²) in [7, 11) is 0. The number of amides is 2. The monoisotopic (exact) mass is 433 g/mol. The number of nitrogens with zero attached hydrogens (tertiary/aromatic N) is 4. The van der Waals surface area contributed by atoms with Crippen molar-refractivity contribution >= 4 is 23.2 Å². The number of rotatable bonds is 5. The standard InChI is InChI=1S/C24H24FN5O2/c25-19-5-1-18(2-6-19)16-30-23(31)10-9-22(28-30)24(32)27-20-11-13-29(14-12-20)21-7-3-17(15-26)4-8-21/h1-8,20H,9-14,16H2,(H,27,32). The highest BCUT2D eigenvalue weighted by Crippen LogP contribution is 2.21.